The zero-order valence-electron chi connectivity index (χ0n) is 7.32. The van der Waals surface area contributed by atoms with Gasteiger partial charge in [-0.15, -0.1) is 0 Å². The summed E-state index contributed by atoms with van der Waals surface area (Å²) in [7, 11) is -3.13. The Balaban J connectivity index is 0.00000144. The molecule has 64 valence electrons. The van der Waals surface area contributed by atoms with Crippen LogP contribution in [0.5, 0.6) is 5.75 Å². The fourth-order valence-corrected chi connectivity index (χ4v) is 1.10. The van der Waals surface area contributed by atoms with E-state index >= 15 is 0 Å². The summed E-state index contributed by atoms with van der Waals surface area (Å²) in [6.07, 6.45) is 1.67. The molecule has 0 bridgehead atoms. The molecule has 3 nitrogen and oxygen atoms in total. The molecule has 0 N–H and O–H groups in total. The molecule has 0 fully saturated rings. The second kappa shape index (κ2) is 6.41. The predicted molar refractivity (Wildman–Crippen MR) is 46.2 cm³/mol. The molecule has 0 heterocycles. The first-order valence-electron chi connectivity index (χ1n) is 3.33. The van der Waals surface area contributed by atoms with Crippen molar-refractivity contribution < 1.29 is 43.5 Å². The van der Waals surface area contributed by atoms with Crippen molar-refractivity contribution in [3.63, 3.8) is 0 Å². The number of hydrogen-bond acceptors (Lipinski definition) is 3. The first-order chi connectivity index (χ1) is 5.72. The molecule has 1 rings (SSSR count). The fourth-order valence-electron chi connectivity index (χ4n) is 0.768. The zero-order valence-corrected chi connectivity index (χ0v) is 10.3. The van der Waals surface area contributed by atoms with Crippen LogP contribution in [0.25, 0.3) is 6.08 Å². The van der Waals surface area contributed by atoms with E-state index in [0.29, 0.717) is 5.75 Å². The van der Waals surface area contributed by atoms with Gasteiger partial charge in [-0.3, -0.25) is 4.57 Å². The molecule has 0 aromatic heterocycles. The van der Waals surface area contributed by atoms with Crippen LogP contribution in [0.2, 0.25) is 0 Å². The summed E-state index contributed by atoms with van der Waals surface area (Å²) in [6, 6.07) is 6.62. The van der Waals surface area contributed by atoms with Crippen molar-refractivity contribution in [1.82, 2.24) is 0 Å². The largest absolute Gasteiger partial charge is 1.00 e. The van der Waals surface area contributed by atoms with Gasteiger partial charge >= 0.3 is 29.6 Å². The second-order valence-electron chi connectivity index (χ2n) is 2.13. The van der Waals surface area contributed by atoms with Crippen LogP contribution in [0.4, 0.5) is 0 Å². The molecule has 0 aliphatic rings. The molecule has 1 unspecified atom stereocenters. The molecule has 0 aliphatic carbocycles. The van der Waals surface area contributed by atoms with Crippen LogP contribution >= 0.6 is 8.25 Å². The molecule has 0 saturated heterocycles. The molecule has 13 heavy (non-hydrogen) atoms. The quantitative estimate of drug-likeness (QED) is 0.445. The van der Waals surface area contributed by atoms with Crippen molar-refractivity contribution in [3.8, 4) is 5.75 Å². The molecule has 0 radical (unpaired) electrons. The van der Waals surface area contributed by atoms with Gasteiger partial charge in [-0.05, 0) is 17.7 Å². The van der Waals surface area contributed by atoms with Gasteiger partial charge in [0.1, 0.15) is 5.75 Å². The van der Waals surface area contributed by atoms with E-state index in [1.807, 2.05) is 0 Å². The number of benzene rings is 1. The molecule has 0 amide bonds. The van der Waals surface area contributed by atoms with Gasteiger partial charge in [0.25, 0.3) is 0 Å². The van der Waals surface area contributed by atoms with Crippen molar-refractivity contribution >= 4 is 14.3 Å². The maximum absolute atomic E-state index is 10.2. The normalized spacial score (nSPS) is 11.2. The fraction of sp³-hybridized carbons (Fsp3) is 0. The van der Waals surface area contributed by atoms with E-state index in [9.17, 15) is 9.46 Å². The number of rotatable bonds is 3. The van der Waals surface area contributed by atoms with E-state index in [4.69, 9.17) is 0 Å². The smallest absolute Gasteiger partial charge is 0.771 e. The maximum Gasteiger partial charge on any atom is 1.00 e. The van der Waals surface area contributed by atoms with Gasteiger partial charge in [0.15, 0.2) is 8.25 Å². The van der Waals surface area contributed by atoms with Gasteiger partial charge < -0.3 is 9.42 Å². The van der Waals surface area contributed by atoms with Gasteiger partial charge in [0, 0.05) is 0 Å². The Morgan fingerprint density at radius 2 is 1.92 bits per heavy atom. The van der Waals surface area contributed by atoms with E-state index in [0.717, 1.165) is 5.56 Å². The maximum atomic E-state index is 10.2. The van der Waals surface area contributed by atoms with Crippen molar-refractivity contribution in [3.05, 3.63) is 36.4 Å². The molecule has 0 saturated carbocycles. The molecular formula is C8H8NaO3P. The third-order valence-corrected chi connectivity index (χ3v) is 1.72. The van der Waals surface area contributed by atoms with E-state index in [1.54, 1.807) is 30.3 Å². The molecule has 0 aliphatic heterocycles. The Labute approximate surface area is 99.7 Å². The first-order valence-corrected chi connectivity index (χ1v) is 4.56. The first kappa shape index (κ1) is 12.9. The van der Waals surface area contributed by atoms with Gasteiger partial charge in [-0.25, -0.2) is 0 Å². The Kier molecular flexibility index (Phi) is 6.39. The minimum Gasteiger partial charge on any atom is -0.771 e. The summed E-state index contributed by atoms with van der Waals surface area (Å²) in [5, 5.41) is 0. The zero-order chi connectivity index (χ0) is 8.97. The molecule has 0 spiro atoms. The van der Waals surface area contributed by atoms with Crippen LogP contribution in [0.3, 0.4) is 0 Å². The standard InChI is InChI=1S/C8H9O3P.Na/c1-2-7-3-5-8(6-4-7)11-12(9)10;/h2-6,12H,1H2,(H,9,10);/q;+1/p-1. The molecule has 1 aromatic rings. The molecule has 1 aromatic carbocycles. The average molecular weight is 206 g/mol. The Morgan fingerprint density at radius 3 is 2.31 bits per heavy atom. The molecular weight excluding hydrogens is 198 g/mol. The van der Waals surface area contributed by atoms with Crippen LogP contribution in [0.1, 0.15) is 5.56 Å². The second-order valence-corrected chi connectivity index (χ2v) is 2.83. The average Bonchev–Trinajstić information content (AvgIpc) is 2.05. The van der Waals surface area contributed by atoms with Crippen LogP contribution in [-0.4, -0.2) is 0 Å². The summed E-state index contributed by atoms with van der Waals surface area (Å²) in [4.78, 5) is 10.2. The van der Waals surface area contributed by atoms with E-state index < -0.39 is 8.25 Å². The molecule has 1 atom stereocenters. The van der Waals surface area contributed by atoms with E-state index in [-0.39, 0.29) is 29.6 Å². The van der Waals surface area contributed by atoms with Gasteiger partial charge in [0.05, 0.1) is 0 Å². The predicted octanol–water partition coefficient (Wildman–Crippen LogP) is -1.54. The summed E-state index contributed by atoms with van der Waals surface area (Å²) in [5.41, 5.74) is 0.924. The minimum absolute atomic E-state index is 0. The van der Waals surface area contributed by atoms with Crippen LogP contribution < -0.4 is 39.0 Å². The summed E-state index contributed by atoms with van der Waals surface area (Å²) in [6.45, 7) is 3.56. The van der Waals surface area contributed by atoms with E-state index in [1.165, 1.54) is 0 Å². The van der Waals surface area contributed by atoms with Gasteiger partial charge in [-0.2, -0.15) is 0 Å². The third-order valence-electron chi connectivity index (χ3n) is 1.32. The van der Waals surface area contributed by atoms with Crippen molar-refractivity contribution in [2.75, 3.05) is 0 Å². The topological polar surface area (TPSA) is 49.4 Å². The van der Waals surface area contributed by atoms with Crippen LogP contribution in [0, 0.1) is 0 Å². The van der Waals surface area contributed by atoms with Crippen molar-refractivity contribution in [2.45, 2.75) is 0 Å². The SMILES string of the molecule is C=Cc1ccc(O[PH](=O)[O-])cc1.[Na+]. The summed E-state index contributed by atoms with van der Waals surface area (Å²) < 4.78 is 14.6. The summed E-state index contributed by atoms with van der Waals surface area (Å²) in [5.74, 6) is 0.333. The monoisotopic (exact) mass is 206 g/mol. The van der Waals surface area contributed by atoms with E-state index in [2.05, 4.69) is 11.1 Å². The Morgan fingerprint density at radius 1 is 1.38 bits per heavy atom. The third kappa shape index (κ3) is 4.65. The molecule has 5 heteroatoms. The van der Waals surface area contributed by atoms with Crippen molar-refractivity contribution in [2.24, 2.45) is 0 Å². The van der Waals surface area contributed by atoms with Crippen LogP contribution in [0.15, 0.2) is 30.8 Å². The van der Waals surface area contributed by atoms with Crippen LogP contribution in [-0.2, 0) is 4.57 Å². The van der Waals surface area contributed by atoms with Crippen molar-refractivity contribution in [1.29, 1.82) is 0 Å². The Bertz CT molecular complexity index is 297. The minimum atomic E-state index is -3.13. The Hall–Kier alpha value is -0.0500. The van der Waals surface area contributed by atoms with Gasteiger partial charge in [0.2, 0.25) is 0 Å². The summed E-state index contributed by atoms with van der Waals surface area (Å²) >= 11 is 0. The van der Waals surface area contributed by atoms with Gasteiger partial charge in [-0.1, -0.05) is 24.8 Å². The number of hydrogen-bond donors (Lipinski definition) is 0.